The summed E-state index contributed by atoms with van der Waals surface area (Å²) in [5.41, 5.74) is 2.24. The Hall–Kier alpha value is -0.350. The van der Waals surface area contributed by atoms with Crippen molar-refractivity contribution in [3.63, 3.8) is 0 Å². The summed E-state index contributed by atoms with van der Waals surface area (Å²) >= 11 is 0. The van der Waals surface area contributed by atoms with Crippen LogP contribution in [0.1, 0.15) is 130 Å². The summed E-state index contributed by atoms with van der Waals surface area (Å²) < 4.78 is 0. The summed E-state index contributed by atoms with van der Waals surface area (Å²) in [7, 11) is 1.91. The number of halogens is 1. The van der Waals surface area contributed by atoms with Crippen LogP contribution < -0.4 is 6.15 Å². The van der Waals surface area contributed by atoms with Gasteiger partial charge in [0.15, 0.2) is 0 Å². The predicted molar refractivity (Wildman–Crippen MR) is 137 cm³/mol. The molecular weight excluding hydrogens is 424 g/mol. The SMILES string of the molecule is Br.CCCCCCCCCCCCCCCC/C(C)=C(\C)C(=O)N(C)CCC.N. The number of rotatable bonds is 18. The minimum atomic E-state index is 0. The van der Waals surface area contributed by atoms with Gasteiger partial charge in [0.1, 0.15) is 0 Å². The van der Waals surface area contributed by atoms with Crippen molar-refractivity contribution in [3.8, 4) is 0 Å². The highest BCUT2D eigenvalue weighted by molar-refractivity contribution is 8.93. The van der Waals surface area contributed by atoms with Crippen LogP contribution in [-0.4, -0.2) is 24.4 Å². The maximum absolute atomic E-state index is 12.3. The zero-order chi connectivity index (χ0) is 20.3. The molecule has 0 atom stereocenters. The quantitative estimate of drug-likeness (QED) is 0.158. The number of amides is 1. The molecule has 176 valence electrons. The van der Waals surface area contributed by atoms with Gasteiger partial charge in [-0.05, 0) is 33.1 Å². The highest BCUT2D eigenvalue weighted by Crippen LogP contribution is 2.17. The van der Waals surface area contributed by atoms with Crippen LogP contribution in [0.15, 0.2) is 11.1 Å². The van der Waals surface area contributed by atoms with Gasteiger partial charge in [-0.1, -0.05) is 103 Å². The number of carbonyl (C=O) groups excluding carboxylic acids is 1. The molecule has 0 aliphatic carbocycles. The van der Waals surface area contributed by atoms with Gasteiger partial charge in [0, 0.05) is 19.2 Å². The molecule has 0 saturated carbocycles. The Kier molecular flexibility index (Phi) is 27.5. The van der Waals surface area contributed by atoms with Gasteiger partial charge >= 0.3 is 0 Å². The Morgan fingerprint density at radius 1 is 0.655 bits per heavy atom. The van der Waals surface area contributed by atoms with E-state index in [1.165, 1.54) is 95.5 Å². The van der Waals surface area contributed by atoms with Crippen LogP contribution >= 0.6 is 17.0 Å². The van der Waals surface area contributed by atoms with E-state index in [1.54, 1.807) is 0 Å². The maximum atomic E-state index is 12.3. The molecular formula is C25H53BrN2O. The van der Waals surface area contributed by atoms with E-state index in [2.05, 4.69) is 20.8 Å². The summed E-state index contributed by atoms with van der Waals surface area (Å²) in [6, 6.07) is 0. The highest BCUT2D eigenvalue weighted by atomic mass is 79.9. The monoisotopic (exact) mass is 476 g/mol. The van der Waals surface area contributed by atoms with E-state index < -0.39 is 0 Å². The molecule has 3 N–H and O–H groups in total. The van der Waals surface area contributed by atoms with E-state index >= 15 is 0 Å². The molecule has 0 fully saturated rings. The fourth-order valence-electron chi connectivity index (χ4n) is 3.68. The zero-order valence-electron chi connectivity index (χ0n) is 20.5. The number of unbranched alkanes of at least 4 members (excludes halogenated alkanes) is 13. The zero-order valence-corrected chi connectivity index (χ0v) is 22.2. The van der Waals surface area contributed by atoms with Crippen molar-refractivity contribution in [2.45, 2.75) is 130 Å². The smallest absolute Gasteiger partial charge is 0.249 e. The first kappa shape index (κ1) is 33.3. The Bertz CT molecular complexity index is 396. The molecule has 29 heavy (non-hydrogen) atoms. The molecule has 0 spiro atoms. The standard InChI is InChI=1S/C25H49NO.BrH.H3N/c1-6-8-9-10-11-12-13-14-15-16-17-18-19-20-21-23(3)24(4)25(27)26(5)22-7-2;;/h6-22H2,1-5H3;1H;1H3/b24-23+;;. The second-order valence-electron chi connectivity index (χ2n) is 8.48. The summed E-state index contributed by atoms with van der Waals surface area (Å²) in [6.45, 7) is 9.38. The molecule has 0 aromatic carbocycles. The molecule has 0 saturated heterocycles. The highest BCUT2D eigenvalue weighted by Gasteiger charge is 2.12. The number of hydrogen-bond acceptors (Lipinski definition) is 2. The first-order valence-electron chi connectivity index (χ1n) is 12.0. The summed E-state index contributed by atoms with van der Waals surface area (Å²) in [5, 5.41) is 0. The third kappa shape index (κ3) is 19.4. The van der Waals surface area contributed by atoms with Gasteiger partial charge in [0.05, 0.1) is 0 Å². The van der Waals surface area contributed by atoms with E-state index in [1.807, 2.05) is 18.9 Å². The lowest BCUT2D eigenvalue weighted by molar-refractivity contribution is -0.125. The summed E-state index contributed by atoms with van der Waals surface area (Å²) in [6.07, 6.45) is 21.6. The topological polar surface area (TPSA) is 55.3 Å². The van der Waals surface area contributed by atoms with E-state index in [9.17, 15) is 4.79 Å². The van der Waals surface area contributed by atoms with E-state index in [0.717, 1.165) is 25.0 Å². The van der Waals surface area contributed by atoms with E-state index in [4.69, 9.17) is 0 Å². The Morgan fingerprint density at radius 3 is 1.41 bits per heavy atom. The Morgan fingerprint density at radius 2 is 1.03 bits per heavy atom. The lowest BCUT2D eigenvalue weighted by Crippen LogP contribution is -2.28. The third-order valence-electron chi connectivity index (χ3n) is 5.77. The second kappa shape index (κ2) is 23.9. The lowest BCUT2D eigenvalue weighted by Gasteiger charge is -2.18. The van der Waals surface area contributed by atoms with E-state index in [-0.39, 0.29) is 29.0 Å². The minimum absolute atomic E-state index is 0. The average Bonchev–Trinajstić information content (AvgIpc) is 2.67. The molecule has 0 bridgehead atoms. The minimum Gasteiger partial charge on any atom is -0.344 e. The molecule has 0 aliphatic heterocycles. The van der Waals surface area contributed by atoms with Crippen LogP contribution in [0.4, 0.5) is 0 Å². The maximum Gasteiger partial charge on any atom is 0.249 e. The van der Waals surface area contributed by atoms with Crippen molar-refractivity contribution >= 4 is 22.9 Å². The molecule has 1 amide bonds. The number of hydrogen-bond donors (Lipinski definition) is 1. The molecule has 0 aromatic rings. The fourth-order valence-corrected chi connectivity index (χ4v) is 3.68. The van der Waals surface area contributed by atoms with Crippen molar-refractivity contribution in [1.82, 2.24) is 11.1 Å². The van der Waals surface area contributed by atoms with Crippen LogP contribution in [-0.2, 0) is 4.79 Å². The molecule has 0 aliphatic rings. The molecule has 4 heteroatoms. The summed E-state index contributed by atoms with van der Waals surface area (Å²) in [5.74, 6) is 0.208. The van der Waals surface area contributed by atoms with Crippen LogP contribution in [0.25, 0.3) is 0 Å². The van der Waals surface area contributed by atoms with Gasteiger partial charge in [-0.3, -0.25) is 4.79 Å². The normalized spacial score (nSPS) is 11.3. The van der Waals surface area contributed by atoms with Gasteiger partial charge in [0.2, 0.25) is 5.91 Å². The number of likely N-dealkylation sites (N-methyl/N-ethyl adjacent to an activating group) is 1. The second-order valence-corrected chi connectivity index (χ2v) is 8.48. The first-order chi connectivity index (χ1) is 13.0. The molecule has 0 heterocycles. The summed E-state index contributed by atoms with van der Waals surface area (Å²) in [4.78, 5) is 14.1. The van der Waals surface area contributed by atoms with Gasteiger partial charge in [-0.25, -0.2) is 0 Å². The Labute approximate surface area is 193 Å². The molecule has 3 nitrogen and oxygen atoms in total. The molecule has 0 rings (SSSR count). The molecule has 0 radical (unpaired) electrons. The van der Waals surface area contributed by atoms with Crippen LogP contribution in [0.5, 0.6) is 0 Å². The fraction of sp³-hybridized carbons (Fsp3) is 0.880. The number of nitrogens with zero attached hydrogens (tertiary/aromatic N) is 1. The van der Waals surface area contributed by atoms with Crippen molar-refractivity contribution in [3.05, 3.63) is 11.1 Å². The van der Waals surface area contributed by atoms with Gasteiger partial charge in [-0.2, -0.15) is 0 Å². The van der Waals surface area contributed by atoms with Crippen LogP contribution in [0.3, 0.4) is 0 Å². The van der Waals surface area contributed by atoms with E-state index in [0.29, 0.717) is 0 Å². The predicted octanol–water partition coefficient (Wildman–Crippen LogP) is 8.80. The van der Waals surface area contributed by atoms with Gasteiger partial charge < -0.3 is 11.1 Å². The number of allylic oxidation sites excluding steroid dienone is 1. The van der Waals surface area contributed by atoms with Gasteiger partial charge in [0.25, 0.3) is 0 Å². The van der Waals surface area contributed by atoms with Crippen LogP contribution in [0, 0.1) is 0 Å². The van der Waals surface area contributed by atoms with Gasteiger partial charge in [-0.15, -0.1) is 17.0 Å². The lowest BCUT2D eigenvalue weighted by atomic mass is 10.0. The first-order valence-corrected chi connectivity index (χ1v) is 12.0. The molecule has 0 unspecified atom stereocenters. The largest absolute Gasteiger partial charge is 0.344 e. The number of carbonyl (C=O) groups is 1. The van der Waals surface area contributed by atoms with Crippen molar-refractivity contribution < 1.29 is 4.79 Å². The van der Waals surface area contributed by atoms with Crippen molar-refractivity contribution in [2.75, 3.05) is 13.6 Å². The average molecular weight is 478 g/mol. The Balaban J connectivity index is -0.00000338. The van der Waals surface area contributed by atoms with Crippen molar-refractivity contribution in [2.24, 2.45) is 0 Å². The van der Waals surface area contributed by atoms with Crippen molar-refractivity contribution in [1.29, 1.82) is 0 Å². The third-order valence-corrected chi connectivity index (χ3v) is 5.77. The molecule has 0 aromatic heterocycles. The van der Waals surface area contributed by atoms with Crippen LogP contribution in [0.2, 0.25) is 0 Å².